The maximum atomic E-state index is 12.0. The van der Waals surface area contributed by atoms with Crippen LogP contribution < -0.4 is 16.0 Å². The first-order valence-corrected chi connectivity index (χ1v) is 8.07. The normalized spacial score (nSPS) is 11.5. The predicted octanol–water partition coefficient (Wildman–Crippen LogP) is 0.0887. The molecule has 0 aromatic carbocycles. The first-order chi connectivity index (χ1) is 10.1. The highest BCUT2D eigenvalue weighted by Gasteiger charge is 2.13. The van der Waals surface area contributed by atoms with E-state index >= 15 is 0 Å². The lowest BCUT2D eigenvalue weighted by Gasteiger charge is -2.08. The van der Waals surface area contributed by atoms with Gasteiger partial charge in [-0.1, -0.05) is 0 Å². The van der Waals surface area contributed by atoms with Crippen molar-refractivity contribution >= 4 is 15.8 Å². The number of rotatable bonds is 11. The second-order valence-corrected chi connectivity index (χ2v) is 6.00. The molecule has 8 nitrogen and oxygen atoms in total. The molecule has 0 atom stereocenters. The van der Waals surface area contributed by atoms with Gasteiger partial charge in [-0.05, 0) is 18.9 Å². The van der Waals surface area contributed by atoms with E-state index in [4.69, 9.17) is 15.3 Å². The van der Waals surface area contributed by atoms with Crippen molar-refractivity contribution in [2.45, 2.75) is 17.7 Å². The summed E-state index contributed by atoms with van der Waals surface area (Å²) in [6.45, 7) is 2.05. The summed E-state index contributed by atoms with van der Waals surface area (Å²) in [6, 6.07) is 2.78. The van der Waals surface area contributed by atoms with Crippen molar-refractivity contribution in [3.63, 3.8) is 0 Å². The Morgan fingerprint density at radius 1 is 1.29 bits per heavy atom. The minimum Gasteiger partial charge on any atom is -0.382 e. The molecular weight excluding hydrogens is 296 g/mol. The monoisotopic (exact) mass is 318 g/mol. The van der Waals surface area contributed by atoms with Gasteiger partial charge >= 0.3 is 0 Å². The fraction of sp³-hybridized carbons (Fsp3) is 0.583. The molecule has 1 heterocycles. The van der Waals surface area contributed by atoms with Crippen molar-refractivity contribution in [2.75, 3.05) is 38.9 Å². The van der Waals surface area contributed by atoms with E-state index in [0.717, 1.165) is 6.42 Å². The third kappa shape index (κ3) is 6.82. The molecule has 120 valence electrons. The number of sulfonamides is 1. The molecule has 0 unspecified atom stereocenters. The summed E-state index contributed by atoms with van der Waals surface area (Å²) in [4.78, 5) is 3.99. The van der Waals surface area contributed by atoms with Gasteiger partial charge in [0.2, 0.25) is 10.0 Å². The lowest BCUT2D eigenvalue weighted by molar-refractivity contribution is 0.0689. The quantitative estimate of drug-likeness (QED) is 0.301. The fourth-order valence-electron chi connectivity index (χ4n) is 1.52. The largest absolute Gasteiger partial charge is 0.382 e. The van der Waals surface area contributed by atoms with E-state index in [1.54, 1.807) is 7.11 Å². The third-order valence-electron chi connectivity index (χ3n) is 2.63. The van der Waals surface area contributed by atoms with Crippen LogP contribution in [0.15, 0.2) is 23.2 Å². The Morgan fingerprint density at radius 2 is 2.10 bits per heavy atom. The molecule has 0 amide bonds. The fourth-order valence-corrected chi connectivity index (χ4v) is 2.61. The number of nitrogens with zero attached hydrogens (tertiary/aromatic N) is 1. The zero-order chi connectivity index (χ0) is 15.6. The van der Waals surface area contributed by atoms with Gasteiger partial charge in [0.1, 0.15) is 5.82 Å². The lowest BCUT2D eigenvalue weighted by atomic mass is 10.3. The SMILES string of the molecule is COCCOCCCCNS(=O)(=O)c1ccnc(NN)c1. The maximum absolute atomic E-state index is 12.0. The van der Waals surface area contributed by atoms with Crippen LogP contribution in [-0.4, -0.2) is 46.9 Å². The molecule has 0 aliphatic heterocycles. The van der Waals surface area contributed by atoms with E-state index in [1.807, 2.05) is 0 Å². The van der Waals surface area contributed by atoms with Gasteiger partial charge in [-0.3, -0.25) is 0 Å². The summed E-state index contributed by atoms with van der Waals surface area (Å²) >= 11 is 0. The highest BCUT2D eigenvalue weighted by Crippen LogP contribution is 2.11. The minimum absolute atomic E-state index is 0.127. The van der Waals surface area contributed by atoms with Crippen LogP contribution >= 0.6 is 0 Å². The smallest absolute Gasteiger partial charge is 0.240 e. The highest BCUT2D eigenvalue weighted by molar-refractivity contribution is 7.89. The number of pyridine rings is 1. The number of hydrogen-bond donors (Lipinski definition) is 3. The van der Waals surface area contributed by atoms with E-state index in [-0.39, 0.29) is 4.90 Å². The number of methoxy groups -OCH3 is 1. The molecule has 9 heteroatoms. The third-order valence-corrected chi connectivity index (χ3v) is 4.09. The molecule has 0 radical (unpaired) electrons. The Labute approximate surface area is 125 Å². The van der Waals surface area contributed by atoms with Gasteiger partial charge in [-0.2, -0.15) is 0 Å². The molecule has 0 bridgehead atoms. The summed E-state index contributed by atoms with van der Waals surface area (Å²) in [6.07, 6.45) is 2.85. The molecule has 0 saturated heterocycles. The molecule has 4 N–H and O–H groups in total. The number of unbranched alkanes of at least 4 members (excludes halogenated alkanes) is 1. The van der Waals surface area contributed by atoms with Gasteiger partial charge in [0.05, 0.1) is 18.1 Å². The van der Waals surface area contributed by atoms with Gasteiger partial charge in [0.25, 0.3) is 0 Å². The van der Waals surface area contributed by atoms with Crippen molar-refractivity contribution in [1.29, 1.82) is 0 Å². The van der Waals surface area contributed by atoms with Crippen LogP contribution in [0.2, 0.25) is 0 Å². The Hall–Kier alpha value is -1.26. The Morgan fingerprint density at radius 3 is 2.81 bits per heavy atom. The summed E-state index contributed by atoms with van der Waals surface area (Å²) in [5.74, 6) is 5.50. The molecule has 0 spiro atoms. The van der Waals surface area contributed by atoms with Gasteiger partial charge in [-0.15, -0.1) is 0 Å². The van der Waals surface area contributed by atoms with E-state index in [9.17, 15) is 8.42 Å². The molecule has 1 rings (SSSR count). The molecule has 21 heavy (non-hydrogen) atoms. The molecule has 0 saturated carbocycles. The van der Waals surface area contributed by atoms with E-state index < -0.39 is 10.0 Å². The Bertz CT molecular complexity index is 510. The van der Waals surface area contributed by atoms with Crippen molar-refractivity contribution in [1.82, 2.24) is 9.71 Å². The van der Waals surface area contributed by atoms with Crippen LogP contribution in [0.5, 0.6) is 0 Å². The number of hydrazine groups is 1. The molecular formula is C12H22N4O4S. The first-order valence-electron chi connectivity index (χ1n) is 6.59. The molecule has 0 fully saturated rings. The lowest BCUT2D eigenvalue weighted by Crippen LogP contribution is -2.25. The summed E-state index contributed by atoms with van der Waals surface area (Å²) in [5.41, 5.74) is 2.31. The van der Waals surface area contributed by atoms with Crippen molar-refractivity contribution < 1.29 is 17.9 Å². The molecule has 0 aliphatic carbocycles. The molecule has 1 aromatic rings. The topological polar surface area (TPSA) is 116 Å². The van der Waals surface area contributed by atoms with Crippen LogP contribution in [0.25, 0.3) is 0 Å². The van der Waals surface area contributed by atoms with Crippen LogP contribution in [0.4, 0.5) is 5.82 Å². The van der Waals surface area contributed by atoms with Gasteiger partial charge < -0.3 is 14.9 Å². The minimum atomic E-state index is -3.54. The number of hydrogen-bond acceptors (Lipinski definition) is 7. The predicted molar refractivity (Wildman–Crippen MR) is 79.2 cm³/mol. The molecule has 1 aromatic heterocycles. The number of anilines is 1. The Kier molecular flexibility index (Phi) is 8.16. The average molecular weight is 318 g/mol. The summed E-state index contributed by atoms with van der Waals surface area (Å²) in [5, 5.41) is 0. The van der Waals surface area contributed by atoms with Gasteiger partial charge in [-0.25, -0.2) is 24.0 Å². The summed E-state index contributed by atoms with van der Waals surface area (Å²) in [7, 11) is -1.93. The van der Waals surface area contributed by atoms with Gasteiger partial charge in [0.15, 0.2) is 0 Å². The Balaban J connectivity index is 2.30. The zero-order valence-electron chi connectivity index (χ0n) is 12.0. The van der Waals surface area contributed by atoms with E-state index in [0.29, 0.717) is 38.6 Å². The maximum Gasteiger partial charge on any atom is 0.240 e. The van der Waals surface area contributed by atoms with Gasteiger partial charge in [0, 0.05) is 32.5 Å². The standard InChI is InChI=1S/C12H22N4O4S/c1-19-8-9-20-7-3-2-5-15-21(17,18)11-4-6-14-12(10-11)16-13/h4,6,10,15H,2-3,5,7-9,13H2,1H3,(H,14,16). The first kappa shape index (κ1) is 17.8. The number of nitrogen functional groups attached to an aromatic ring is 1. The highest BCUT2D eigenvalue weighted by atomic mass is 32.2. The van der Waals surface area contributed by atoms with Crippen molar-refractivity contribution in [3.05, 3.63) is 18.3 Å². The zero-order valence-corrected chi connectivity index (χ0v) is 12.9. The number of nitrogens with one attached hydrogen (secondary N) is 2. The van der Waals surface area contributed by atoms with Crippen LogP contribution in [0, 0.1) is 0 Å². The number of ether oxygens (including phenoxy) is 2. The van der Waals surface area contributed by atoms with E-state index in [2.05, 4.69) is 15.1 Å². The second-order valence-electron chi connectivity index (χ2n) is 4.23. The second kappa shape index (κ2) is 9.64. The van der Waals surface area contributed by atoms with Crippen LogP contribution in [-0.2, 0) is 19.5 Å². The van der Waals surface area contributed by atoms with E-state index in [1.165, 1.54) is 18.3 Å². The number of aromatic nitrogens is 1. The van der Waals surface area contributed by atoms with Crippen LogP contribution in [0.3, 0.4) is 0 Å². The molecule has 0 aliphatic rings. The van der Waals surface area contributed by atoms with Crippen LogP contribution in [0.1, 0.15) is 12.8 Å². The van der Waals surface area contributed by atoms with Crippen molar-refractivity contribution in [3.8, 4) is 0 Å². The van der Waals surface area contributed by atoms with Crippen molar-refractivity contribution in [2.24, 2.45) is 5.84 Å². The number of nitrogens with two attached hydrogens (primary N) is 1. The average Bonchev–Trinajstić information content (AvgIpc) is 2.50. The summed E-state index contributed by atoms with van der Waals surface area (Å²) < 4.78 is 36.7.